The second kappa shape index (κ2) is 10.3. The van der Waals surface area contributed by atoms with Crippen LogP contribution in [0.2, 0.25) is 15.1 Å². The Kier molecular flexibility index (Phi) is 8.04. The maximum atomic E-state index is 11.8. The Morgan fingerprint density at radius 1 is 1.12 bits per heavy atom. The topological polar surface area (TPSA) is 59.9 Å². The Bertz CT molecular complexity index is 797. The van der Waals surface area contributed by atoms with Gasteiger partial charge >= 0.3 is 0 Å². The van der Waals surface area contributed by atoms with Gasteiger partial charge in [0.1, 0.15) is 11.5 Å². The van der Waals surface area contributed by atoms with Gasteiger partial charge in [-0.3, -0.25) is 4.79 Å². The number of hydrazone groups is 1. The number of hydrogen-bond donors (Lipinski definition) is 1. The molecule has 0 spiro atoms. The summed E-state index contributed by atoms with van der Waals surface area (Å²) in [7, 11) is 1.55. The highest BCUT2D eigenvalue weighted by atomic mass is 35.5. The minimum absolute atomic E-state index is 0.229. The van der Waals surface area contributed by atoms with Gasteiger partial charge in [-0.2, -0.15) is 5.10 Å². The van der Waals surface area contributed by atoms with Gasteiger partial charge in [-0.25, -0.2) is 5.43 Å². The molecule has 0 aliphatic rings. The Morgan fingerprint density at radius 3 is 2.50 bits per heavy atom. The average Bonchev–Trinajstić information content (AvgIpc) is 2.60. The molecule has 0 aliphatic carbocycles. The van der Waals surface area contributed by atoms with Crippen molar-refractivity contribution in [1.82, 2.24) is 5.43 Å². The molecule has 0 saturated carbocycles. The van der Waals surface area contributed by atoms with Crippen LogP contribution in [0.1, 0.15) is 18.4 Å². The number of halogens is 3. The number of hydrogen-bond acceptors (Lipinski definition) is 4. The summed E-state index contributed by atoms with van der Waals surface area (Å²) in [5.41, 5.74) is 3.12. The summed E-state index contributed by atoms with van der Waals surface area (Å²) in [5.74, 6) is 0.913. The van der Waals surface area contributed by atoms with Crippen molar-refractivity contribution >= 4 is 46.9 Å². The van der Waals surface area contributed by atoms with E-state index in [0.717, 1.165) is 0 Å². The molecule has 2 aromatic carbocycles. The highest BCUT2D eigenvalue weighted by molar-refractivity contribution is 6.35. The van der Waals surface area contributed by atoms with E-state index in [0.29, 0.717) is 45.2 Å². The fraction of sp³-hybridized carbons (Fsp3) is 0.222. The van der Waals surface area contributed by atoms with E-state index in [1.807, 2.05) is 0 Å². The Morgan fingerprint density at radius 2 is 1.81 bits per heavy atom. The molecule has 138 valence electrons. The molecule has 0 radical (unpaired) electrons. The summed E-state index contributed by atoms with van der Waals surface area (Å²) in [5, 5.41) is 5.43. The molecule has 0 heterocycles. The van der Waals surface area contributed by atoms with Gasteiger partial charge in [0.25, 0.3) is 0 Å². The number of benzene rings is 2. The number of amides is 1. The Hall–Kier alpha value is -1.95. The molecule has 0 aromatic heterocycles. The Labute approximate surface area is 166 Å². The molecular formula is C18H17Cl3N2O3. The standard InChI is InChI=1S/C18H17Cl3N2O3/c1-25-16-6-4-13(19)9-12(16)11-22-23-18(24)3-2-8-26-17-7-5-14(20)10-15(17)21/h4-7,9-11H,2-3,8H2,1H3,(H,23,24)/b22-11-. The maximum absolute atomic E-state index is 11.8. The van der Waals surface area contributed by atoms with Crippen molar-refractivity contribution in [2.45, 2.75) is 12.8 Å². The lowest BCUT2D eigenvalue weighted by atomic mass is 10.2. The van der Waals surface area contributed by atoms with E-state index in [-0.39, 0.29) is 12.3 Å². The van der Waals surface area contributed by atoms with E-state index < -0.39 is 0 Å². The van der Waals surface area contributed by atoms with Crippen LogP contribution in [-0.2, 0) is 4.79 Å². The van der Waals surface area contributed by atoms with Gasteiger partial charge in [0.05, 0.1) is 25.0 Å². The van der Waals surface area contributed by atoms with Crippen molar-refractivity contribution < 1.29 is 14.3 Å². The monoisotopic (exact) mass is 414 g/mol. The molecule has 0 aliphatic heterocycles. The molecule has 0 fully saturated rings. The van der Waals surface area contributed by atoms with Crippen molar-refractivity contribution in [3.8, 4) is 11.5 Å². The minimum atomic E-state index is -0.229. The van der Waals surface area contributed by atoms with Crippen LogP contribution in [0.3, 0.4) is 0 Å². The summed E-state index contributed by atoms with van der Waals surface area (Å²) in [6.45, 7) is 0.348. The zero-order chi connectivity index (χ0) is 18.9. The van der Waals surface area contributed by atoms with Gasteiger partial charge in [-0.1, -0.05) is 34.8 Å². The van der Waals surface area contributed by atoms with Crippen molar-refractivity contribution in [3.63, 3.8) is 0 Å². The Balaban J connectivity index is 1.74. The first kappa shape index (κ1) is 20.4. The van der Waals surface area contributed by atoms with Gasteiger partial charge in [0.2, 0.25) is 5.91 Å². The number of nitrogens with one attached hydrogen (secondary N) is 1. The van der Waals surface area contributed by atoms with E-state index in [1.54, 1.807) is 43.5 Å². The van der Waals surface area contributed by atoms with Crippen LogP contribution in [0, 0.1) is 0 Å². The van der Waals surface area contributed by atoms with Crippen LogP contribution < -0.4 is 14.9 Å². The number of nitrogens with zero attached hydrogens (tertiary/aromatic N) is 1. The maximum Gasteiger partial charge on any atom is 0.240 e. The molecule has 0 atom stereocenters. The number of carbonyl (C=O) groups is 1. The summed E-state index contributed by atoms with van der Waals surface area (Å²) in [6, 6.07) is 10.1. The third-order valence-electron chi connectivity index (χ3n) is 3.28. The first-order valence-electron chi connectivity index (χ1n) is 7.73. The van der Waals surface area contributed by atoms with Gasteiger partial charge in [-0.05, 0) is 42.8 Å². The smallest absolute Gasteiger partial charge is 0.240 e. The molecule has 2 rings (SSSR count). The summed E-state index contributed by atoms with van der Waals surface area (Å²) < 4.78 is 10.7. The number of methoxy groups -OCH3 is 1. The van der Waals surface area contributed by atoms with Crippen LogP contribution in [0.4, 0.5) is 0 Å². The van der Waals surface area contributed by atoms with Gasteiger partial charge < -0.3 is 9.47 Å². The minimum Gasteiger partial charge on any atom is -0.496 e. The van der Waals surface area contributed by atoms with E-state index >= 15 is 0 Å². The molecule has 2 aromatic rings. The summed E-state index contributed by atoms with van der Waals surface area (Å²) in [6.07, 6.45) is 2.25. The third-order valence-corrected chi connectivity index (χ3v) is 4.05. The molecule has 1 amide bonds. The number of rotatable bonds is 8. The van der Waals surface area contributed by atoms with Crippen molar-refractivity contribution in [2.24, 2.45) is 5.10 Å². The predicted octanol–water partition coefficient (Wildman–Crippen LogP) is 4.96. The molecule has 8 heteroatoms. The molecule has 0 bridgehead atoms. The lowest BCUT2D eigenvalue weighted by Crippen LogP contribution is -2.18. The van der Waals surface area contributed by atoms with Crippen LogP contribution in [-0.4, -0.2) is 25.8 Å². The second-order valence-corrected chi connectivity index (χ2v) is 6.49. The lowest BCUT2D eigenvalue weighted by molar-refractivity contribution is -0.121. The van der Waals surface area contributed by atoms with Crippen molar-refractivity contribution in [2.75, 3.05) is 13.7 Å². The normalized spacial score (nSPS) is 10.8. The molecule has 26 heavy (non-hydrogen) atoms. The van der Waals surface area contributed by atoms with E-state index in [2.05, 4.69) is 10.5 Å². The molecular weight excluding hydrogens is 399 g/mol. The quantitative estimate of drug-likeness (QED) is 0.376. The summed E-state index contributed by atoms with van der Waals surface area (Å²) >= 11 is 17.8. The van der Waals surface area contributed by atoms with Crippen LogP contribution >= 0.6 is 34.8 Å². The third kappa shape index (κ3) is 6.41. The van der Waals surface area contributed by atoms with Gasteiger partial charge in [-0.15, -0.1) is 0 Å². The SMILES string of the molecule is COc1ccc(Cl)cc1/C=N\NC(=O)CCCOc1ccc(Cl)cc1Cl. The number of carbonyl (C=O) groups excluding carboxylic acids is 1. The van der Waals surface area contributed by atoms with Gasteiger partial charge in [0, 0.05) is 22.0 Å². The molecule has 0 saturated heterocycles. The fourth-order valence-corrected chi connectivity index (χ4v) is 2.69. The van der Waals surface area contributed by atoms with Gasteiger partial charge in [0.15, 0.2) is 0 Å². The van der Waals surface area contributed by atoms with Crippen LogP contribution in [0.15, 0.2) is 41.5 Å². The number of ether oxygens (including phenoxy) is 2. The van der Waals surface area contributed by atoms with Crippen LogP contribution in [0.25, 0.3) is 0 Å². The largest absolute Gasteiger partial charge is 0.496 e. The molecule has 5 nitrogen and oxygen atoms in total. The van der Waals surface area contributed by atoms with E-state index in [1.165, 1.54) is 6.21 Å². The highest BCUT2D eigenvalue weighted by Crippen LogP contribution is 2.27. The zero-order valence-corrected chi connectivity index (χ0v) is 16.2. The molecule has 1 N–H and O–H groups in total. The van der Waals surface area contributed by atoms with E-state index in [4.69, 9.17) is 44.3 Å². The second-order valence-electron chi connectivity index (χ2n) is 5.21. The predicted molar refractivity (Wildman–Crippen MR) is 105 cm³/mol. The van der Waals surface area contributed by atoms with Crippen molar-refractivity contribution in [1.29, 1.82) is 0 Å². The van der Waals surface area contributed by atoms with Crippen molar-refractivity contribution in [3.05, 3.63) is 57.0 Å². The first-order chi connectivity index (χ1) is 12.5. The fourth-order valence-electron chi connectivity index (χ4n) is 2.04. The summed E-state index contributed by atoms with van der Waals surface area (Å²) in [4.78, 5) is 11.8. The first-order valence-corrected chi connectivity index (χ1v) is 8.86. The lowest BCUT2D eigenvalue weighted by Gasteiger charge is -2.07. The highest BCUT2D eigenvalue weighted by Gasteiger charge is 2.05. The zero-order valence-electron chi connectivity index (χ0n) is 14.0. The average molecular weight is 416 g/mol. The molecule has 0 unspecified atom stereocenters. The van der Waals surface area contributed by atoms with E-state index in [9.17, 15) is 4.79 Å². The van der Waals surface area contributed by atoms with Crippen LogP contribution in [0.5, 0.6) is 11.5 Å².